The van der Waals surface area contributed by atoms with Crippen LogP contribution >= 0.6 is 0 Å². The molecule has 0 saturated heterocycles. The van der Waals surface area contributed by atoms with Crippen molar-refractivity contribution in [2.75, 3.05) is 0 Å². The molecule has 1 aliphatic rings. The highest BCUT2D eigenvalue weighted by atomic mass is 16.4. The Hall–Kier alpha value is -1.32. The van der Waals surface area contributed by atoms with Crippen LogP contribution in [0.3, 0.4) is 0 Å². The van der Waals surface area contributed by atoms with E-state index in [1.165, 1.54) is 0 Å². The second kappa shape index (κ2) is 3.18. The van der Waals surface area contributed by atoms with Crippen LogP contribution in [0.4, 0.5) is 0 Å². The van der Waals surface area contributed by atoms with Gasteiger partial charge < -0.3 is 10.4 Å². The molecular formula is C7H9NO3. The fourth-order valence-corrected chi connectivity index (χ4v) is 0.624. The normalized spacial score (nSPS) is 16.7. The molecule has 4 heteroatoms. The number of aliphatic carboxylic acids is 1. The molecular weight excluding hydrogens is 146 g/mol. The summed E-state index contributed by atoms with van der Waals surface area (Å²) < 4.78 is 0. The van der Waals surface area contributed by atoms with Crippen molar-refractivity contribution >= 4 is 11.9 Å². The maximum absolute atomic E-state index is 10.7. The van der Waals surface area contributed by atoms with Gasteiger partial charge in [-0.3, -0.25) is 4.79 Å². The van der Waals surface area contributed by atoms with Crippen LogP contribution in [0, 0.1) is 0 Å². The van der Waals surface area contributed by atoms with E-state index >= 15 is 0 Å². The summed E-state index contributed by atoms with van der Waals surface area (Å²) in [5.74, 6) is -1.43. The second-order valence-electron chi connectivity index (χ2n) is 2.45. The number of carboxylic acids is 1. The molecule has 1 aliphatic carbocycles. The number of rotatable bonds is 3. The van der Waals surface area contributed by atoms with E-state index in [0.717, 1.165) is 25.0 Å². The van der Waals surface area contributed by atoms with E-state index in [-0.39, 0.29) is 11.9 Å². The van der Waals surface area contributed by atoms with E-state index in [2.05, 4.69) is 5.32 Å². The first kappa shape index (κ1) is 7.78. The van der Waals surface area contributed by atoms with Crippen molar-refractivity contribution in [3.05, 3.63) is 12.2 Å². The molecule has 0 bridgehead atoms. The van der Waals surface area contributed by atoms with Crippen LogP contribution in [0.5, 0.6) is 0 Å². The summed E-state index contributed by atoms with van der Waals surface area (Å²) in [6.45, 7) is 0. The van der Waals surface area contributed by atoms with Crippen molar-refractivity contribution < 1.29 is 14.7 Å². The highest BCUT2D eigenvalue weighted by Gasteiger charge is 2.21. The van der Waals surface area contributed by atoms with Gasteiger partial charge in [0.1, 0.15) is 0 Å². The molecule has 0 aromatic rings. The van der Waals surface area contributed by atoms with E-state index in [1.807, 2.05) is 0 Å². The predicted molar refractivity (Wildman–Crippen MR) is 37.9 cm³/mol. The second-order valence-corrected chi connectivity index (χ2v) is 2.45. The molecule has 0 aromatic heterocycles. The van der Waals surface area contributed by atoms with Crippen LogP contribution in [0.15, 0.2) is 12.2 Å². The van der Waals surface area contributed by atoms with E-state index in [0.29, 0.717) is 0 Å². The predicted octanol–water partition coefficient (Wildman–Crippen LogP) is -0.0942. The molecule has 60 valence electrons. The molecule has 0 aromatic carbocycles. The number of carbonyl (C=O) groups excluding carboxylic acids is 1. The Labute approximate surface area is 63.9 Å². The Bertz CT molecular complexity index is 206. The maximum Gasteiger partial charge on any atom is 0.328 e. The zero-order chi connectivity index (χ0) is 8.27. The first-order valence-electron chi connectivity index (χ1n) is 3.40. The van der Waals surface area contributed by atoms with Gasteiger partial charge in [0.05, 0.1) is 0 Å². The molecule has 1 rings (SSSR count). The van der Waals surface area contributed by atoms with Gasteiger partial charge in [0.15, 0.2) is 0 Å². The SMILES string of the molecule is O=C(O)/C=C/C(=O)NC1CC1. The Balaban J connectivity index is 2.23. The van der Waals surface area contributed by atoms with Crippen molar-refractivity contribution in [2.45, 2.75) is 18.9 Å². The number of amides is 1. The minimum atomic E-state index is -1.10. The van der Waals surface area contributed by atoms with Crippen LogP contribution in [-0.2, 0) is 9.59 Å². The molecule has 1 saturated carbocycles. The third kappa shape index (κ3) is 3.40. The third-order valence-electron chi connectivity index (χ3n) is 1.30. The van der Waals surface area contributed by atoms with Gasteiger partial charge in [-0.2, -0.15) is 0 Å². The first-order valence-corrected chi connectivity index (χ1v) is 3.40. The van der Waals surface area contributed by atoms with Gasteiger partial charge >= 0.3 is 5.97 Å². The average molecular weight is 155 g/mol. The number of carbonyl (C=O) groups is 2. The number of carboxylic acid groups (broad SMARTS) is 1. The number of hydrogen-bond donors (Lipinski definition) is 2. The largest absolute Gasteiger partial charge is 0.478 e. The lowest BCUT2D eigenvalue weighted by atomic mass is 10.4. The first-order chi connectivity index (χ1) is 5.18. The van der Waals surface area contributed by atoms with Crippen molar-refractivity contribution in [1.29, 1.82) is 0 Å². The van der Waals surface area contributed by atoms with Gasteiger partial charge in [-0.25, -0.2) is 4.79 Å². The van der Waals surface area contributed by atoms with Gasteiger partial charge in [0, 0.05) is 18.2 Å². The third-order valence-corrected chi connectivity index (χ3v) is 1.30. The van der Waals surface area contributed by atoms with Crippen molar-refractivity contribution in [3.8, 4) is 0 Å². The molecule has 0 unspecified atom stereocenters. The van der Waals surface area contributed by atoms with Crippen LogP contribution < -0.4 is 5.32 Å². The molecule has 1 amide bonds. The average Bonchev–Trinajstić information content (AvgIpc) is 2.67. The molecule has 4 nitrogen and oxygen atoms in total. The lowest BCUT2D eigenvalue weighted by molar-refractivity contribution is -0.131. The zero-order valence-corrected chi connectivity index (χ0v) is 5.91. The van der Waals surface area contributed by atoms with Crippen molar-refractivity contribution in [3.63, 3.8) is 0 Å². The molecule has 0 radical (unpaired) electrons. The van der Waals surface area contributed by atoms with E-state index in [4.69, 9.17) is 5.11 Å². The standard InChI is InChI=1S/C7H9NO3/c9-6(3-4-7(10)11)8-5-1-2-5/h3-5H,1-2H2,(H,8,9)(H,10,11)/b4-3+. The minimum Gasteiger partial charge on any atom is -0.478 e. The Morgan fingerprint density at radius 3 is 2.45 bits per heavy atom. The van der Waals surface area contributed by atoms with Crippen LogP contribution in [-0.4, -0.2) is 23.0 Å². The van der Waals surface area contributed by atoms with Gasteiger partial charge in [-0.1, -0.05) is 0 Å². The zero-order valence-electron chi connectivity index (χ0n) is 5.91. The molecule has 0 spiro atoms. The summed E-state index contributed by atoms with van der Waals surface area (Å²) in [5, 5.41) is 10.8. The van der Waals surface area contributed by atoms with Gasteiger partial charge in [0.25, 0.3) is 0 Å². The topological polar surface area (TPSA) is 66.4 Å². The molecule has 2 N–H and O–H groups in total. The molecule has 0 atom stereocenters. The molecule has 1 fully saturated rings. The summed E-state index contributed by atoms with van der Waals surface area (Å²) in [6, 6.07) is 0.279. The van der Waals surface area contributed by atoms with Crippen LogP contribution in [0.1, 0.15) is 12.8 Å². The summed E-state index contributed by atoms with van der Waals surface area (Å²) in [5.41, 5.74) is 0. The van der Waals surface area contributed by atoms with Crippen LogP contribution in [0.2, 0.25) is 0 Å². The smallest absolute Gasteiger partial charge is 0.328 e. The van der Waals surface area contributed by atoms with Gasteiger partial charge in [-0.05, 0) is 12.8 Å². The molecule has 11 heavy (non-hydrogen) atoms. The fraction of sp³-hybridized carbons (Fsp3) is 0.429. The Morgan fingerprint density at radius 2 is 2.00 bits per heavy atom. The van der Waals surface area contributed by atoms with Crippen molar-refractivity contribution in [1.82, 2.24) is 5.32 Å². The monoisotopic (exact) mass is 155 g/mol. The summed E-state index contributed by atoms with van der Waals surface area (Å²) >= 11 is 0. The van der Waals surface area contributed by atoms with E-state index in [1.54, 1.807) is 0 Å². The van der Waals surface area contributed by atoms with Crippen LogP contribution in [0.25, 0.3) is 0 Å². The lowest BCUT2D eigenvalue weighted by Crippen LogP contribution is -2.23. The van der Waals surface area contributed by atoms with Crippen molar-refractivity contribution in [2.24, 2.45) is 0 Å². The quantitative estimate of drug-likeness (QED) is 0.559. The van der Waals surface area contributed by atoms with E-state index in [9.17, 15) is 9.59 Å². The Kier molecular flexibility index (Phi) is 2.25. The van der Waals surface area contributed by atoms with Gasteiger partial charge in [0.2, 0.25) is 5.91 Å². The van der Waals surface area contributed by atoms with Gasteiger partial charge in [-0.15, -0.1) is 0 Å². The Morgan fingerprint density at radius 1 is 1.36 bits per heavy atom. The highest BCUT2D eigenvalue weighted by Crippen LogP contribution is 2.18. The number of hydrogen-bond acceptors (Lipinski definition) is 2. The fourth-order valence-electron chi connectivity index (χ4n) is 0.624. The minimum absolute atomic E-state index is 0.279. The van der Waals surface area contributed by atoms with E-state index < -0.39 is 5.97 Å². The molecule has 0 aliphatic heterocycles. The number of nitrogens with one attached hydrogen (secondary N) is 1. The molecule has 0 heterocycles. The summed E-state index contributed by atoms with van der Waals surface area (Å²) in [4.78, 5) is 20.7. The highest BCUT2D eigenvalue weighted by molar-refractivity contribution is 5.94. The lowest BCUT2D eigenvalue weighted by Gasteiger charge is -1.94. The maximum atomic E-state index is 10.7. The summed E-state index contributed by atoms with van der Waals surface area (Å²) in [7, 11) is 0. The summed E-state index contributed by atoms with van der Waals surface area (Å²) in [6.07, 6.45) is 3.87.